The average molecular weight is 271 g/mol. The number of carbonyl (C=O) groups excluding carboxylic acids is 1. The molecule has 0 aliphatic carbocycles. The molecule has 1 atom stereocenters. The average Bonchev–Trinajstić information content (AvgIpc) is 2.81. The standard InChI is InChI=1S/C12H17NO4S/c1-9(12(15)16)7-18-8-11(14)13(2)6-10-4-3-5-17-10/h3-5,9H,6-8H2,1-2H3,(H,15,16). The lowest BCUT2D eigenvalue weighted by Gasteiger charge is -2.15. The van der Waals surface area contributed by atoms with Gasteiger partial charge in [0.25, 0.3) is 0 Å². The molecule has 5 nitrogen and oxygen atoms in total. The van der Waals surface area contributed by atoms with Crippen LogP contribution in [0.1, 0.15) is 12.7 Å². The van der Waals surface area contributed by atoms with Crippen molar-refractivity contribution < 1.29 is 19.1 Å². The first kappa shape index (κ1) is 14.6. The Morgan fingerprint density at radius 2 is 2.28 bits per heavy atom. The Bertz CT molecular complexity index is 391. The number of hydrogen-bond acceptors (Lipinski definition) is 4. The number of carbonyl (C=O) groups is 2. The highest BCUT2D eigenvalue weighted by molar-refractivity contribution is 7.99. The van der Waals surface area contributed by atoms with Crippen LogP contribution in [0.15, 0.2) is 22.8 Å². The van der Waals surface area contributed by atoms with Crippen molar-refractivity contribution in [1.29, 1.82) is 0 Å². The molecule has 0 aliphatic rings. The molecular formula is C12H17NO4S. The van der Waals surface area contributed by atoms with Gasteiger partial charge in [0, 0.05) is 12.8 Å². The van der Waals surface area contributed by atoms with E-state index in [1.54, 1.807) is 31.2 Å². The minimum Gasteiger partial charge on any atom is -0.481 e. The molecule has 0 saturated carbocycles. The molecule has 1 rings (SSSR count). The summed E-state index contributed by atoms with van der Waals surface area (Å²) in [7, 11) is 1.70. The van der Waals surface area contributed by atoms with E-state index in [0.717, 1.165) is 5.76 Å². The van der Waals surface area contributed by atoms with Crippen LogP contribution >= 0.6 is 11.8 Å². The Labute approximate surface area is 110 Å². The van der Waals surface area contributed by atoms with Crippen LogP contribution in [0, 0.1) is 5.92 Å². The van der Waals surface area contributed by atoms with Crippen LogP contribution in [0.3, 0.4) is 0 Å². The van der Waals surface area contributed by atoms with Gasteiger partial charge in [0.15, 0.2) is 0 Å². The zero-order chi connectivity index (χ0) is 13.5. The van der Waals surface area contributed by atoms with Crippen LogP contribution in [0.4, 0.5) is 0 Å². The first-order valence-electron chi connectivity index (χ1n) is 5.57. The number of rotatable bonds is 7. The molecule has 1 amide bonds. The van der Waals surface area contributed by atoms with Crippen molar-refractivity contribution in [3.05, 3.63) is 24.2 Å². The molecule has 1 unspecified atom stereocenters. The van der Waals surface area contributed by atoms with Crippen molar-refractivity contribution in [3.63, 3.8) is 0 Å². The zero-order valence-corrected chi connectivity index (χ0v) is 11.3. The minimum absolute atomic E-state index is 0.0333. The lowest BCUT2D eigenvalue weighted by atomic mass is 10.2. The first-order chi connectivity index (χ1) is 8.50. The van der Waals surface area contributed by atoms with Crippen molar-refractivity contribution in [2.45, 2.75) is 13.5 Å². The third kappa shape index (κ3) is 4.83. The molecule has 1 aromatic rings. The van der Waals surface area contributed by atoms with Crippen molar-refractivity contribution in [2.24, 2.45) is 5.92 Å². The van der Waals surface area contributed by atoms with E-state index in [9.17, 15) is 9.59 Å². The third-order valence-corrected chi connectivity index (χ3v) is 3.60. The predicted molar refractivity (Wildman–Crippen MR) is 69.3 cm³/mol. The molecule has 1 heterocycles. The predicted octanol–water partition coefficient (Wildman–Crippen LogP) is 1.69. The second-order valence-corrected chi connectivity index (χ2v) is 5.11. The molecule has 0 fully saturated rings. The topological polar surface area (TPSA) is 70.8 Å². The third-order valence-electron chi connectivity index (χ3n) is 2.41. The van der Waals surface area contributed by atoms with Gasteiger partial charge in [-0.1, -0.05) is 6.92 Å². The normalized spacial score (nSPS) is 12.1. The lowest BCUT2D eigenvalue weighted by Crippen LogP contribution is -2.28. The highest BCUT2D eigenvalue weighted by atomic mass is 32.2. The van der Waals surface area contributed by atoms with Crippen molar-refractivity contribution in [2.75, 3.05) is 18.6 Å². The monoisotopic (exact) mass is 271 g/mol. The molecule has 0 bridgehead atoms. The van der Waals surface area contributed by atoms with Gasteiger partial charge in [-0.05, 0) is 12.1 Å². The van der Waals surface area contributed by atoms with Crippen LogP contribution in [0.25, 0.3) is 0 Å². The molecule has 100 valence electrons. The number of amides is 1. The highest BCUT2D eigenvalue weighted by Crippen LogP contribution is 2.10. The maximum atomic E-state index is 11.7. The van der Waals surface area contributed by atoms with E-state index in [-0.39, 0.29) is 11.7 Å². The number of furan rings is 1. The molecule has 18 heavy (non-hydrogen) atoms. The van der Waals surface area contributed by atoms with Gasteiger partial charge in [-0.3, -0.25) is 9.59 Å². The summed E-state index contributed by atoms with van der Waals surface area (Å²) in [4.78, 5) is 23.9. The summed E-state index contributed by atoms with van der Waals surface area (Å²) in [6.45, 7) is 2.06. The Morgan fingerprint density at radius 3 is 2.83 bits per heavy atom. The summed E-state index contributed by atoms with van der Waals surface area (Å²) in [5.74, 6) is 0.158. The second kappa shape index (κ2) is 7.10. The van der Waals surface area contributed by atoms with Gasteiger partial charge in [-0.2, -0.15) is 11.8 Å². The summed E-state index contributed by atoms with van der Waals surface area (Å²) in [6, 6.07) is 3.58. The van der Waals surface area contributed by atoms with E-state index in [4.69, 9.17) is 9.52 Å². The summed E-state index contributed by atoms with van der Waals surface area (Å²) in [6.07, 6.45) is 1.57. The van der Waals surface area contributed by atoms with Gasteiger partial charge < -0.3 is 14.4 Å². The largest absolute Gasteiger partial charge is 0.481 e. The fraction of sp³-hybridized carbons (Fsp3) is 0.500. The SMILES string of the molecule is CC(CSCC(=O)N(C)Cc1ccco1)C(=O)O. The summed E-state index contributed by atoms with van der Waals surface area (Å²) in [5, 5.41) is 8.71. The van der Waals surface area contributed by atoms with Gasteiger partial charge in [-0.25, -0.2) is 0 Å². The summed E-state index contributed by atoms with van der Waals surface area (Å²) >= 11 is 1.34. The van der Waals surface area contributed by atoms with E-state index >= 15 is 0 Å². The van der Waals surface area contributed by atoms with Crippen LogP contribution in [0.5, 0.6) is 0 Å². The lowest BCUT2D eigenvalue weighted by molar-refractivity contribution is -0.140. The number of aliphatic carboxylic acids is 1. The maximum absolute atomic E-state index is 11.7. The second-order valence-electron chi connectivity index (χ2n) is 4.08. The molecule has 0 spiro atoms. The van der Waals surface area contributed by atoms with Gasteiger partial charge in [0.05, 0.1) is 24.5 Å². The van der Waals surface area contributed by atoms with Gasteiger partial charge in [0.1, 0.15) is 5.76 Å². The molecule has 0 aromatic carbocycles. The smallest absolute Gasteiger partial charge is 0.307 e. The minimum atomic E-state index is -0.834. The number of thioether (sulfide) groups is 1. The quantitative estimate of drug-likeness (QED) is 0.817. The highest BCUT2D eigenvalue weighted by Gasteiger charge is 2.14. The molecule has 0 radical (unpaired) electrons. The summed E-state index contributed by atoms with van der Waals surface area (Å²) < 4.78 is 5.15. The van der Waals surface area contributed by atoms with Crippen LogP contribution in [-0.4, -0.2) is 40.4 Å². The number of carboxylic acid groups (broad SMARTS) is 1. The summed E-state index contributed by atoms with van der Waals surface area (Å²) in [5.41, 5.74) is 0. The van der Waals surface area contributed by atoms with Crippen LogP contribution in [-0.2, 0) is 16.1 Å². The zero-order valence-electron chi connectivity index (χ0n) is 10.5. The van der Waals surface area contributed by atoms with Gasteiger partial charge in [0.2, 0.25) is 5.91 Å². The Kier molecular flexibility index (Phi) is 5.77. The number of carboxylic acids is 1. The molecule has 6 heteroatoms. The van der Waals surface area contributed by atoms with E-state index in [1.807, 2.05) is 6.07 Å². The van der Waals surface area contributed by atoms with E-state index in [0.29, 0.717) is 12.3 Å². The fourth-order valence-corrected chi connectivity index (χ4v) is 2.24. The van der Waals surface area contributed by atoms with Gasteiger partial charge in [-0.15, -0.1) is 0 Å². The molecule has 1 N–H and O–H groups in total. The van der Waals surface area contributed by atoms with Crippen molar-refractivity contribution in [3.8, 4) is 0 Å². The molecule has 1 aromatic heterocycles. The number of nitrogens with zero attached hydrogens (tertiary/aromatic N) is 1. The first-order valence-corrected chi connectivity index (χ1v) is 6.73. The van der Waals surface area contributed by atoms with Gasteiger partial charge >= 0.3 is 5.97 Å². The van der Waals surface area contributed by atoms with Crippen LogP contribution < -0.4 is 0 Å². The van der Waals surface area contributed by atoms with E-state index in [2.05, 4.69) is 0 Å². The molecule has 0 aliphatic heterocycles. The maximum Gasteiger partial charge on any atom is 0.307 e. The van der Waals surface area contributed by atoms with Crippen LogP contribution in [0.2, 0.25) is 0 Å². The molecular weight excluding hydrogens is 254 g/mol. The van der Waals surface area contributed by atoms with Crippen molar-refractivity contribution >= 4 is 23.6 Å². The molecule has 0 saturated heterocycles. The fourth-order valence-electron chi connectivity index (χ4n) is 1.23. The Morgan fingerprint density at radius 1 is 1.56 bits per heavy atom. The number of hydrogen-bond donors (Lipinski definition) is 1. The van der Waals surface area contributed by atoms with E-state index < -0.39 is 11.9 Å². The van der Waals surface area contributed by atoms with Crippen molar-refractivity contribution in [1.82, 2.24) is 4.90 Å². The Balaban J connectivity index is 2.26. The van der Waals surface area contributed by atoms with E-state index in [1.165, 1.54) is 11.8 Å². The Hall–Kier alpha value is -1.43.